The van der Waals surface area contributed by atoms with Gasteiger partial charge in [-0.3, -0.25) is 9.62 Å². The van der Waals surface area contributed by atoms with Crippen molar-refractivity contribution in [1.82, 2.24) is 9.65 Å². The van der Waals surface area contributed by atoms with Crippen molar-refractivity contribution in [3.8, 4) is 5.88 Å². The zero-order valence-corrected chi connectivity index (χ0v) is 10.6. The molecule has 2 aromatic rings. The van der Waals surface area contributed by atoms with Crippen molar-refractivity contribution in [1.29, 1.82) is 0 Å². The van der Waals surface area contributed by atoms with Gasteiger partial charge in [-0.25, -0.2) is 0 Å². The second-order valence-corrected chi connectivity index (χ2v) is 4.21. The van der Waals surface area contributed by atoms with Crippen molar-refractivity contribution < 1.29 is 14.3 Å². The summed E-state index contributed by atoms with van der Waals surface area (Å²) in [5, 5.41) is 13.1. The quantitative estimate of drug-likeness (QED) is 0.822. The van der Waals surface area contributed by atoms with Crippen LogP contribution >= 0.6 is 0 Å². The topological polar surface area (TPSA) is 80.8 Å². The molecule has 0 saturated carbocycles. The van der Waals surface area contributed by atoms with Crippen molar-refractivity contribution in [3.63, 3.8) is 0 Å². The Bertz CT molecular complexity index is 672. The van der Waals surface area contributed by atoms with Crippen LogP contribution in [0.25, 0.3) is 0 Å². The van der Waals surface area contributed by atoms with E-state index in [2.05, 4.69) is 10.3 Å². The van der Waals surface area contributed by atoms with Crippen LogP contribution in [0.3, 0.4) is 0 Å². The largest absolute Gasteiger partial charge is 0.490 e. The van der Waals surface area contributed by atoms with Gasteiger partial charge in [0.2, 0.25) is 5.76 Å². The molecule has 2 N–H and O–H groups in total. The molecule has 1 aromatic carbocycles. The smallest absolute Gasteiger partial charge is 0.267 e. The first-order valence-electron chi connectivity index (χ1n) is 5.80. The fourth-order valence-electron chi connectivity index (χ4n) is 2.07. The number of aryl methyl sites for hydroxylation is 2. The summed E-state index contributed by atoms with van der Waals surface area (Å²) >= 11 is 0. The number of benzene rings is 1. The van der Waals surface area contributed by atoms with Crippen LogP contribution in [0.15, 0.2) is 38.4 Å². The Balaban J connectivity index is 2.17. The lowest BCUT2D eigenvalue weighted by Crippen LogP contribution is -2.14. The van der Waals surface area contributed by atoms with E-state index < -0.39 is 6.04 Å². The van der Waals surface area contributed by atoms with Crippen LogP contribution in [-0.4, -0.2) is 21.1 Å². The molecular weight excluding hydrogens is 248 g/mol. The summed E-state index contributed by atoms with van der Waals surface area (Å²) in [7, 11) is 3.19. The van der Waals surface area contributed by atoms with Gasteiger partial charge in [-0.1, -0.05) is 18.2 Å². The number of rotatable bonds is 1. The molecule has 7 nitrogen and oxygen atoms in total. The van der Waals surface area contributed by atoms with Gasteiger partial charge in [0.05, 0.1) is 20.4 Å². The number of aliphatic imine (C=N–C) groups is 1. The standard InChI is InChI=1S/C12H14N4O3/c1-15-12(17)11(18-16(2)19-15)10-8-5-3-4-6-9(8)13-7-14-10/h3-7,10,17H,1-2H3,(H,13,14). The normalized spacial score (nSPS) is 16.8. The van der Waals surface area contributed by atoms with Gasteiger partial charge in [-0.05, 0) is 11.0 Å². The second kappa shape index (κ2) is 4.27. The van der Waals surface area contributed by atoms with Crippen LogP contribution in [0, 0.1) is 0 Å². The number of nitrogens with one attached hydrogen (secondary N) is 1. The minimum atomic E-state index is -0.411. The molecule has 0 bridgehead atoms. The first kappa shape index (κ1) is 11.5. The van der Waals surface area contributed by atoms with Crippen molar-refractivity contribution >= 4 is 12.0 Å². The third-order valence-electron chi connectivity index (χ3n) is 2.93. The highest BCUT2D eigenvalue weighted by Gasteiger charge is 2.26. The van der Waals surface area contributed by atoms with Gasteiger partial charge in [-0.15, -0.1) is 4.74 Å². The summed E-state index contributed by atoms with van der Waals surface area (Å²) in [4.78, 5) is 5.49. The molecule has 1 aliphatic rings. The number of para-hydroxylation sites is 1. The molecule has 3 rings (SSSR count). The van der Waals surface area contributed by atoms with E-state index in [0.717, 1.165) is 16.2 Å². The molecule has 0 aliphatic carbocycles. The van der Waals surface area contributed by atoms with Gasteiger partial charge < -0.3 is 14.9 Å². The molecule has 1 unspecified atom stereocenters. The van der Waals surface area contributed by atoms with Crippen LogP contribution in [0.5, 0.6) is 5.88 Å². The Labute approximate surface area is 109 Å². The molecule has 100 valence electrons. The van der Waals surface area contributed by atoms with Crippen LogP contribution < -0.4 is 5.32 Å². The molecule has 1 atom stereocenters. The fourth-order valence-corrected chi connectivity index (χ4v) is 2.07. The van der Waals surface area contributed by atoms with E-state index in [9.17, 15) is 5.11 Å². The lowest BCUT2D eigenvalue weighted by atomic mass is 10.0. The summed E-state index contributed by atoms with van der Waals surface area (Å²) < 4.78 is 11.7. The van der Waals surface area contributed by atoms with Crippen LogP contribution in [-0.2, 0) is 14.1 Å². The maximum atomic E-state index is 10.1. The second-order valence-electron chi connectivity index (χ2n) is 4.21. The van der Waals surface area contributed by atoms with E-state index in [0.29, 0.717) is 5.76 Å². The highest BCUT2D eigenvalue weighted by Crippen LogP contribution is 2.36. The Morgan fingerprint density at radius 3 is 2.95 bits per heavy atom. The van der Waals surface area contributed by atoms with Gasteiger partial charge in [0.1, 0.15) is 6.04 Å². The van der Waals surface area contributed by atoms with Crippen molar-refractivity contribution in [2.75, 3.05) is 5.32 Å². The van der Waals surface area contributed by atoms with Crippen LogP contribution in [0.1, 0.15) is 17.4 Å². The third kappa shape index (κ3) is 1.88. The monoisotopic (exact) mass is 262 g/mol. The van der Waals surface area contributed by atoms with Gasteiger partial charge in [-0.2, -0.15) is 0 Å². The van der Waals surface area contributed by atoms with E-state index in [4.69, 9.17) is 9.15 Å². The SMILES string of the molecule is Cn1oc(C2N=CNc3ccccc32)c(O)n(C)o1. The number of anilines is 1. The molecule has 0 saturated heterocycles. The van der Waals surface area contributed by atoms with Crippen LogP contribution in [0.2, 0.25) is 0 Å². The average Bonchev–Trinajstić information content (AvgIpc) is 2.42. The summed E-state index contributed by atoms with van der Waals surface area (Å²) in [5.74, 6) is 0.221. The van der Waals surface area contributed by atoms with Gasteiger partial charge in [0.25, 0.3) is 5.88 Å². The number of nitrogens with zero attached hydrogens (tertiary/aromatic N) is 3. The first-order chi connectivity index (χ1) is 9.16. The van der Waals surface area contributed by atoms with Crippen molar-refractivity contribution in [3.05, 3.63) is 35.6 Å². The molecule has 0 spiro atoms. The highest BCUT2D eigenvalue weighted by molar-refractivity contribution is 5.81. The molecule has 7 heteroatoms. The van der Waals surface area contributed by atoms with Crippen molar-refractivity contribution in [2.24, 2.45) is 19.1 Å². The van der Waals surface area contributed by atoms with E-state index in [-0.39, 0.29) is 5.88 Å². The van der Waals surface area contributed by atoms with E-state index in [1.165, 1.54) is 4.74 Å². The van der Waals surface area contributed by atoms with Gasteiger partial charge >= 0.3 is 0 Å². The maximum absolute atomic E-state index is 10.1. The molecule has 1 aromatic heterocycles. The predicted octanol–water partition coefficient (Wildman–Crippen LogP) is 1.92. The van der Waals surface area contributed by atoms with E-state index in [1.54, 1.807) is 20.4 Å². The summed E-state index contributed by atoms with van der Waals surface area (Å²) in [6.45, 7) is 0. The van der Waals surface area contributed by atoms with Crippen LogP contribution in [0.4, 0.5) is 5.69 Å². The van der Waals surface area contributed by atoms with Crippen molar-refractivity contribution in [2.45, 2.75) is 6.04 Å². The summed E-state index contributed by atoms with van der Waals surface area (Å²) in [5.41, 5.74) is 1.86. The molecule has 0 radical (unpaired) electrons. The molecular formula is C12H14N4O3. The lowest BCUT2D eigenvalue weighted by Gasteiger charge is -2.21. The minimum absolute atomic E-state index is 0.100. The Morgan fingerprint density at radius 2 is 2.11 bits per heavy atom. The molecule has 0 amide bonds. The third-order valence-corrected chi connectivity index (χ3v) is 2.93. The number of aromatic nitrogens is 2. The highest BCUT2D eigenvalue weighted by atomic mass is 16.8. The molecule has 1 aliphatic heterocycles. The number of aromatic hydroxyl groups is 1. The lowest BCUT2D eigenvalue weighted by molar-refractivity contribution is -0.0327. The zero-order valence-electron chi connectivity index (χ0n) is 10.6. The Morgan fingerprint density at radius 1 is 1.32 bits per heavy atom. The minimum Gasteiger partial charge on any atom is -0.490 e. The number of fused-ring (bicyclic) bond motifs is 1. The summed E-state index contributed by atoms with van der Waals surface area (Å²) in [6.07, 6.45) is 1.59. The fraction of sp³-hybridized carbons (Fsp3) is 0.250. The van der Waals surface area contributed by atoms with E-state index in [1.807, 2.05) is 24.3 Å². The molecule has 19 heavy (non-hydrogen) atoms. The average molecular weight is 262 g/mol. The Kier molecular flexibility index (Phi) is 2.59. The van der Waals surface area contributed by atoms with E-state index >= 15 is 0 Å². The maximum Gasteiger partial charge on any atom is 0.267 e. The molecule has 0 fully saturated rings. The number of hydrogen-bond donors (Lipinski definition) is 2. The zero-order chi connectivity index (χ0) is 13.4. The predicted molar refractivity (Wildman–Crippen MR) is 68.6 cm³/mol. The Hall–Kier alpha value is -2.57. The van der Waals surface area contributed by atoms with Gasteiger partial charge in [0, 0.05) is 11.3 Å². The first-order valence-corrected chi connectivity index (χ1v) is 5.80. The number of hydrogen-bond acceptors (Lipinski definition) is 5. The van der Waals surface area contributed by atoms with Gasteiger partial charge in [0.15, 0.2) is 0 Å². The molecule has 2 heterocycles. The summed E-state index contributed by atoms with van der Waals surface area (Å²) in [6, 6.07) is 7.31.